The number of pyridine rings is 1. The van der Waals surface area contributed by atoms with Gasteiger partial charge in [-0.15, -0.1) is 0 Å². The number of carbonyl (C=O) groups excluding carboxylic acids is 3. The van der Waals surface area contributed by atoms with E-state index in [4.69, 9.17) is 16.3 Å². The summed E-state index contributed by atoms with van der Waals surface area (Å²) in [5.74, 6) is -0.769. The molecule has 8 nitrogen and oxygen atoms in total. The van der Waals surface area contributed by atoms with Gasteiger partial charge in [-0.3, -0.25) is 19.3 Å². The third kappa shape index (κ3) is 3.06. The van der Waals surface area contributed by atoms with Crippen LogP contribution in [0.15, 0.2) is 24.4 Å². The van der Waals surface area contributed by atoms with Crippen LogP contribution in [0.2, 0.25) is 5.02 Å². The fourth-order valence-electron chi connectivity index (χ4n) is 3.47. The lowest BCUT2D eigenvalue weighted by Crippen LogP contribution is -2.55. The van der Waals surface area contributed by atoms with Crippen LogP contribution >= 0.6 is 11.6 Å². The highest BCUT2D eigenvalue weighted by molar-refractivity contribution is 6.30. The number of rotatable bonds is 2. The predicted molar refractivity (Wildman–Crippen MR) is 91.8 cm³/mol. The van der Waals surface area contributed by atoms with Crippen LogP contribution in [0, 0.1) is 0 Å². The number of likely N-dealkylation sites (tertiary alicyclic amines) is 1. The summed E-state index contributed by atoms with van der Waals surface area (Å²) >= 11 is 5.96. The number of hydrogen-bond acceptors (Lipinski definition) is 5. The highest BCUT2D eigenvalue weighted by Crippen LogP contribution is 2.21. The Hall–Kier alpha value is -2.45. The summed E-state index contributed by atoms with van der Waals surface area (Å²) in [5.41, 5.74) is 1.10. The number of nitrogens with zero attached hydrogens (tertiary/aromatic N) is 4. The average Bonchev–Trinajstić information content (AvgIpc) is 3.04. The number of ether oxygens (including phenoxy) is 1. The zero-order chi connectivity index (χ0) is 18.3. The molecule has 0 bridgehead atoms. The first kappa shape index (κ1) is 17.0. The van der Waals surface area contributed by atoms with Crippen molar-refractivity contribution in [2.24, 2.45) is 0 Å². The molecule has 4 rings (SSSR count). The van der Waals surface area contributed by atoms with Crippen molar-refractivity contribution < 1.29 is 19.1 Å². The topological polar surface area (TPSA) is 84.2 Å². The molecule has 0 radical (unpaired) electrons. The molecular formula is C17H17ClN4O4. The predicted octanol–water partition coefficient (Wildman–Crippen LogP) is 0.978. The van der Waals surface area contributed by atoms with E-state index in [-0.39, 0.29) is 37.0 Å². The molecule has 0 atom stereocenters. The summed E-state index contributed by atoms with van der Waals surface area (Å²) in [5, 5.41) is 4.87. The standard InChI is InChI=1S/C17H17ClN4O4/c18-11-1-6-21-13(7-11)8-14(19-21)17(25)20-4-2-12(3-5-20)22-15(23)9-26-10-16(22)24/h1,6-8,12H,2-5,9-10H2. The largest absolute Gasteiger partial charge is 0.362 e. The Kier molecular flexibility index (Phi) is 4.37. The third-order valence-electron chi connectivity index (χ3n) is 4.75. The Morgan fingerprint density at radius 1 is 1.15 bits per heavy atom. The number of carbonyl (C=O) groups is 3. The van der Waals surface area contributed by atoms with E-state index in [0.29, 0.717) is 36.6 Å². The molecule has 0 N–H and O–H groups in total. The Labute approximate surface area is 154 Å². The first-order valence-electron chi connectivity index (χ1n) is 8.40. The molecule has 0 aliphatic carbocycles. The number of hydrogen-bond donors (Lipinski definition) is 0. The molecule has 0 unspecified atom stereocenters. The SMILES string of the molecule is O=C(c1cc2cc(Cl)ccn2n1)N1CCC(N2C(=O)COCC2=O)CC1. The molecule has 26 heavy (non-hydrogen) atoms. The average molecular weight is 377 g/mol. The van der Waals surface area contributed by atoms with Crippen LogP contribution in [0.5, 0.6) is 0 Å². The van der Waals surface area contributed by atoms with Crippen LogP contribution in [0.4, 0.5) is 0 Å². The minimum atomic E-state index is -0.303. The van der Waals surface area contributed by atoms with Crippen molar-refractivity contribution in [1.82, 2.24) is 19.4 Å². The molecular weight excluding hydrogens is 360 g/mol. The van der Waals surface area contributed by atoms with Gasteiger partial charge in [0.2, 0.25) is 0 Å². The highest BCUT2D eigenvalue weighted by atomic mass is 35.5. The molecule has 0 saturated carbocycles. The molecule has 2 aromatic rings. The van der Waals surface area contributed by atoms with Gasteiger partial charge in [0, 0.05) is 30.4 Å². The zero-order valence-electron chi connectivity index (χ0n) is 13.9. The Bertz CT molecular complexity index is 872. The van der Waals surface area contributed by atoms with E-state index in [1.54, 1.807) is 33.8 Å². The van der Waals surface area contributed by atoms with Gasteiger partial charge in [-0.1, -0.05) is 11.6 Å². The van der Waals surface area contributed by atoms with Crippen LogP contribution < -0.4 is 0 Å². The number of morpholine rings is 1. The molecule has 2 aliphatic heterocycles. The van der Waals surface area contributed by atoms with E-state index in [9.17, 15) is 14.4 Å². The minimum absolute atomic E-state index is 0.0608. The van der Waals surface area contributed by atoms with E-state index in [1.807, 2.05) is 0 Å². The van der Waals surface area contributed by atoms with Gasteiger partial charge < -0.3 is 9.64 Å². The molecule has 2 fully saturated rings. The second-order valence-electron chi connectivity index (χ2n) is 6.42. The van der Waals surface area contributed by atoms with Crippen LogP contribution in [0.3, 0.4) is 0 Å². The number of fused-ring (bicyclic) bond motifs is 1. The smallest absolute Gasteiger partial charge is 0.274 e. The Morgan fingerprint density at radius 2 is 1.85 bits per heavy atom. The van der Waals surface area contributed by atoms with E-state index >= 15 is 0 Å². The molecule has 2 aliphatic rings. The van der Waals surface area contributed by atoms with Gasteiger partial charge in [0.25, 0.3) is 17.7 Å². The lowest BCUT2D eigenvalue weighted by atomic mass is 10.0. The highest BCUT2D eigenvalue weighted by Gasteiger charge is 2.36. The monoisotopic (exact) mass is 376 g/mol. The fourth-order valence-corrected chi connectivity index (χ4v) is 3.64. The van der Waals surface area contributed by atoms with Gasteiger partial charge >= 0.3 is 0 Å². The van der Waals surface area contributed by atoms with Crippen molar-refractivity contribution in [3.8, 4) is 0 Å². The zero-order valence-corrected chi connectivity index (χ0v) is 14.7. The van der Waals surface area contributed by atoms with Gasteiger partial charge in [-0.05, 0) is 31.0 Å². The first-order valence-corrected chi connectivity index (χ1v) is 8.77. The molecule has 0 aromatic carbocycles. The van der Waals surface area contributed by atoms with E-state index in [0.717, 1.165) is 5.52 Å². The fraction of sp³-hybridized carbons (Fsp3) is 0.412. The van der Waals surface area contributed by atoms with Crippen molar-refractivity contribution in [3.63, 3.8) is 0 Å². The van der Waals surface area contributed by atoms with Crippen molar-refractivity contribution >= 4 is 34.8 Å². The number of aromatic nitrogens is 2. The van der Waals surface area contributed by atoms with E-state index < -0.39 is 0 Å². The summed E-state index contributed by atoms with van der Waals surface area (Å²) in [6.07, 6.45) is 2.82. The maximum atomic E-state index is 12.7. The van der Waals surface area contributed by atoms with Crippen molar-refractivity contribution in [1.29, 1.82) is 0 Å². The Morgan fingerprint density at radius 3 is 2.54 bits per heavy atom. The molecule has 4 heterocycles. The van der Waals surface area contributed by atoms with Crippen molar-refractivity contribution in [2.45, 2.75) is 18.9 Å². The molecule has 9 heteroatoms. The number of imide groups is 1. The van der Waals surface area contributed by atoms with Gasteiger partial charge in [-0.25, -0.2) is 4.52 Å². The lowest BCUT2D eigenvalue weighted by molar-refractivity contribution is -0.162. The molecule has 2 aromatic heterocycles. The van der Waals surface area contributed by atoms with E-state index in [1.165, 1.54) is 4.90 Å². The molecule has 3 amide bonds. The lowest BCUT2D eigenvalue weighted by Gasteiger charge is -2.38. The third-order valence-corrected chi connectivity index (χ3v) is 4.98. The maximum Gasteiger partial charge on any atom is 0.274 e. The molecule has 2 saturated heterocycles. The van der Waals surface area contributed by atoms with Crippen LogP contribution in [-0.4, -0.2) is 69.5 Å². The molecule has 0 spiro atoms. The van der Waals surface area contributed by atoms with E-state index in [2.05, 4.69) is 5.10 Å². The van der Waals surface area contributed by atoms with Gasteiger partial charge in [0.05, 0.1) is 5.52 Å². The van der Waals surface area contributed by atoms with Crippen molar-refractivity contribution in [2.75, 3.05) is 26.3 Å². The van der Waals surface area contributed by atoms with Crippen molar-refractivity contribution in [3.05, 3.63) is 35.1 Å². The summed E-state index contributed by atoms with van der Waals surface area (Å²) in [6, 6.07) is 4.98. The second kappa shape index (κ2) is 6.69. The summed E-state index contributed by atoms with van der Waals surface area (Å²) in [6.45, 7) is 0.815. The summed E-state index contributed by atoms with van der Waals surface area (Å²) < 4.78 is 6.55. The summed E-state index contributed by atoms with van der Waals surface area (Å²) in [4.78, 5) is 39.6. The quantitative estimate of drug-likeness (QED) is 0.729. The maximum absolute atomic E-state index is 12.7. The number of halogens is 1. The van der Waals surface area contributed by atoms with Crippen LogP contribution in [0.1, 0.15) is 23.3 Å². The van der Waals surface area contributed by atoms with Gasteiger partial charge in [-0.2, -0.15) is 5.10 Å². The minimum Gasteiger partial charge on any atom is -0.362 e. The normalized spacial score (nSPS) is 19.4. The van der Waals surface area contributed by atoms with Gasteiger partial charge in [0.15, 0.2) is 5.69 Å². The Balaban J connectivity index is 1.44. The molecule has 136 valence electrons. The van der Waals surface area contributed by atoms with Crippen LogP contribution in [-0.2, 0) is 14.3 Å². The van der Waals surface area contributed by atoms with Crippen LogP contribution in [0.25, 0.3) is 5.52 Å². The second-order valence-corrected chi connectivity index (χ2v) is 6.85. The number of piperidine rings is 1. The first-order chi connectivity index (χ1) is 12.5. The van der Waals surface area contributed by atoms with Gasteiger partial charge in [0.1, 0.15) is 13.2 Å². The summed E-state index contributed by atoms with van der Waals surface area (Å²) in [7, 11) is 0. The number of amides is 3.